The fourth-order valence-corrected chi connectivity index (χ4v) is 6.22. The highest BCUT2D eigenvalue weighted by atomic mass is 35.5. The van der Waals surface area contributed by atoms with Gasteiger partial charge in [-0.1, -0.05) is 23.7 Å². The van der Waals surface area contributed by atoms with Gasteiger partial charge >= 0.3 is 12.1 Å². The summed E-state index contributed by atoms with van der Waals surface area (Å²) in [4.78, 5) is 31.6. The van der Waals surface area contributed by atoms with Gasteiger partial charge in [-0.2, -0.15) is 5.26 Å². The Morgan fingerprint density at radius 1 is 1.14 bits per heavy atom. The van der Waals surface area contributed by atoms with Gasteiger partial charge in [-0.05, 0) is 52.0 Å². The van der Waals surface area contributed by atoms with E-state index in [2.05, 4.69) is 11.1 Å². The van der Waals surface area contributed by atoms with E-state index in [-0.39, 0.29) is 17.1 Å². The van der Waals surface area contributed by atoms with Crippen molar-refractivity contribution in [1.82, 2.24) is 14.5 Å². The Balaban J connectivity index is 1.32. The van der Waals surface area contributed by atoms with E-state index in [0.717, 1.165) is 5.52 Å². The lowest BCUT2D eigenvalue weighted by Gasteiger charge is -2.33. The summed E-state index contributed by atoms with van der Waals surface area (Å²) in [5, 5.41) is 10.4. The standard InChI is InChI=1S/C32H33ClN4O6S/c1-19(22-7-6-8-25(28(22)33)42-21-11-13-36(14-12-21)31(39)43-32(2,3)4)41-26-16-27(44-29(26)30(38)40-5)37-18-35-23-10-9-20(17-34)15-24(23)37/h6-10,15-16,18-19,21H,11-14H2,1-5H3. The summed E-state index contributed by atoms with van der Waals surface area (Å²) < 4.78 is 24.9. The van der Waals surface area contributed by atoms with E-state index in [1.807, 2.05) is 39.8 Å². The minimum atomic E-state index is -0.546. The second kappa shape index (κ2) is 12.8. The minimum Gasteiger partial charge on any atom is -0.489 e. The van der Waals surface area contributed by atoms with Gasteiger partial charge in [-0.15, -0.1) is 11.3 Å². The summed E-state index contributed by atoms with van der Waals surface area (Å²) in [7, 11) is 1.32. The number of hydrogen-bond acceptors (Lipinski definition) is 9. The lowest BCUT2D eigenvalue weighted by atomic mass is 10.1. The number of fused-ring (bicyclic) bond motifs is 1. The van der Waals surface area contributed by atoms with Crippen LogP contribution in [-0.4, -0.2) is 58.4 Å². The normalized spacial score (nSPS) is 14.6. The first-order chi connectivity index (χ1) is 21.0. The first kappa shape index (κ1) is 31.2. The summed E-state index contributed by atoms with van der Waals surface area (Å²) in [6, 6.07) is 14.6. The summed E-state index contributed by atoms with van der Waals surface area (Å²) in [5.74, 6) is 0.318. The van der Waals surface area contributed by atoms with Crippen LogP contribution < -0.4 is 9.47 Å². The van der Waals surface area contributed by atoms with Crippen molar-refractivity contribution in [3.05, 3.63) is 69.8 Å². The van der Waals surface area contributed by atoms with E-state index in [1.165, 1.54) is 18.4 Å². The summed E-state index contributed by atoms with van der Waals surface area (Å²) in [6.45, 7) is 8.44. The summed E-state index contributed by atoms with van der Waals surface area (Å²) in [6.07, 6.45) is 1.94. The van der Waals surface area contributed by atoms with Crippen molar-refractivity contribution in [3.63, 3.8) is 0 Å². The predicted molar refractivity (Wildman–Crippen MR) is 167 cm³/mol. The number of methoxy groups -OCH3 is 1. The van der Waals surface area contributed by atoms with Crippen molar-refractivity contribution < 1.29 is 28.5 Å². The number of ether oxygens (including phenoxy) is 4. The quantitative estimate of drug-likeness (QED) is 0.194. The summed E-state index contributed by atoms with van der Waals surface area (Å²) >= 11 is 8.03. The van der Waals surface area contributed by atoms with Crippen LogP contribution >= 0.6 is 22.9 Å². The van der Waals surface area contributed by atoms with Crippen molar-refractivity contribution in [2.45, 2.75) is 58.3 Å². The average molecular weight is 637 g/mol. The molecule has 10 nitrogen and oxygen atoms in total. The van der Waals surface area contributed by atoms with Gasteiger partial charge in [-0.25, -0.2) is 14.6 Å². The highest BCUT2D eigenvalue weighted by Gasteiger charge is 2.29. The maximum Gasteiger partial charge on any atom is 0.410 e. The van der Waals surface area contributed by atoms with E-state index < -0.39 is 17.7 Å². The number of halogens is 1. The number of carbonyl (C=O) groups is 2. The largest absolute Gasteiger partial charge is 0.489 e. The van der Waals surface area contributed by atoms with E-state index in [9.17, 15) is 14.9 Å². The number of benzene rings is 2. The van der Waals surface area contributed by atoms with Crippen molar-refractivity contribution in [3.8, 4) is 22.6 Å². The van der Waals surface area contributed by atoms with Crippen LogP contribution in [0.4, 0.5) is 4.79 Å². The molecule has 1 fully saturated rings. The molecule has 1 aliphatic rings. The van der Waals surface area contributed by atoms with Gasteiger partial charge in [0.15, 0.2) is 4.88 Å². The predicted octanol–water partition coefficient (Wildman–Crippen LogP) is 7.32. The number of carbonyl (C=O) groups excluding carboxylic acids is 2. The van der Waals surface area contributed by atoms with Gasteiger partial charge in [0.1, 0.15) is 40.6 Å². The number of likely N-dealkylation sites (tertiary alicyclic amines) is 1. The van der Waals surface area contributed by atoms with Gasteiger partial charge in [-0.3, -0.25) is 4.57 Å². The van der Waals surface area contributed by atoms with Crippen LogP contribution in [0.3, 0.4) is 0 Å². The molecule has 1 amide bonds. The topological polar surface area (TPSA) is 116 Å². The monoisotopic (exact) mass is 636 g/mol. The molecule has 44 heavy (non-hydrogen) atoms. The third-order valence-electron chi connectivity index (χ3n) is 7.09. The zero-order valence-corrected chi connectivity index (χ0v) is 26.7. The molecule has 3 heterocycles. The van der Waals surface area contributed by atoms with Gasteiger partial charge in [0.05, 0.1) is 34.8 Å². The lowest BCUT2D eigenvalue weighted by molar-refractivity contribution is 0.0126. The molecule has 1 atom stereocenters. The first-order valence-corrected chi connectivity index (χ1v) is 15.4. The van der Waals surface area contributed by atoms with Crippen molar-refractivity contribution in [2.75, 3.05) is 20.2 Å². The molecular formula is C32H33ClN4O6S. The second-order valence-electron chi connectivity index (χ2n) is 11.4. The number of aromatic nitrogens is 2. The number of thiophene rings is 1. The van der Waals surface area contributed by atoms with Crippen molar-refractivity contribution >= 4 is 46.0 Å². The second-order valence-corrected chi connectivity index (χ2v) is 12.8. The first-order valence-electron chi connectivity index (χ1n) is 14.2. The smallest absolute Gasteiger partial charge is 0.410 e. The van der Waals surface area contributed by atoms with E-state index in [0.29, 0.717) is 64.1 Å². The van der Waals surface area contributed by atoms with Crippen molar-refractivity contribution in [2.24, 2.45) is 0 Å². The maximum atomic E-state index is 12.7. The van der Waals surface area contributed by atoms with Crippen LogP contribution in [0.1, 0.15) is 67.4 Å². The number of nitriles is 1. The van der Waals surface area contributed by atoms with Gasteiger partial charge in [0.2, 0.25) is 0 Å². The Morgan fingerprint density at radius 3 is 2.57 bits per heavy atom. The molecule has 1 saturated heterocycles. The molecule has 12 heteroatoms. The molecule has 230 valence electrons. The number of piperidine rings is 1. The molecule has 0 aliphatic carbocycles. The highest BCUT2D eigenvalue weighted by molar-refractivity contribution is 7.16. The van der Waals surface area contributed by atoms with E-state index in [1.54, 1.807) is 46.1 Å². The molecule has 0 saturated carbocycles. The Morgan fingerprint density at radius 2 is 1.89 bits per heavy atom. The van der Waals surface area contributed by atoms with Crippen LogP contribution in [0.15, 0.2) is 48.8 Å². The molecule has 2 aromatic heterocycles. The van der Waals surface area contributed by atoms with Gasteiger partial charge < -0.3 is 23.8 Å². The molecule has 0 spiro atoms. The number of hydrogen-bond donors (Lipinski definition) is 0. The van der Waals surface area contributed by atoms with Gasteiger partial charge in [0.25, 0.3) is 0 Å². The Bertz CT molecular complexity index is 1730. The molecule has 2 aromatic carbocycles. The van der Waals surface area contributed by atoms with E-state index >= 15 is 0 Å². The minimum absolute atomic E-state index is 0.116. The highest BCUT2D eigenvalue weighted by Crippen LogP contribution is 2.40. The fraction of sp³-hybridized carbons (Fsp3) is 0.375. The van der Waals surface area contributed by atoms with Crippen LogP contribution in [0.25, 0.3) is 16.0 Å². The zero-order valence-electron chi connectivity index (χ0n) is 25.1. The lowest BCUT2D eigenvalue weighted by Crippen LogP contribution is -2.44. The van der Waals surface area contributed by atoms with E-state index in [4.69, 9.17) is 30.5 Å². The third kappa shape index (κ3) is 6.77. The van der Waals surface area contributed by atoms with Crippen LogP contribution in [0.5, 0.6) is 11.5 Å². The molecule has 4 aromatic rings. The number of nitrogens with zero attached hydrogens (tertiary/aromatic N) is 4. The van der Waals surface area contributed by atoms with Crippen molar-refractivity contribution in [1.29, 1.82) is 5.26 Å². The maximum absolute atomic E-state index is 12.7. The Hall–Kier alpha value is -4.27. The molecule has 0 N–H and O–H groups in total. The van der Waals surface area contributed by atoms with Gasteiger partial charge in [0, 0.05) is 37.6 Å². The fourth-order valence-electron chi connectivity index (χ4n) is 4.91. The number of esters is 1. The number of amides is 1. The summed E-state index contributed by atoms with van der Waals surface area (Å²) in [5.41, 5.74) is 2.08. The molecule has 5 rings (SSSR count). The Labute approximate surface area is 264 Å². The molecule has 1 unspecified atom stereocenters. The van der Waals surface area contributed by atoms with Crippen LogP contribution in [-0.2, 0) is 9.47 Å². The molecular weight excluding hydrogens is 604 g/mol. The molecule has 0 bridgehead atoms. The number of imidazole rings is 1. The number of rotatable bonds is 7. The SMILES string of the molecule is COC(=O)c1sc(-n2cnc3ccc(C#N)cc32)cc1OC(C)c1cccc(OC2CCN(C(=O)OC(C)(C)C)CC2)c1Cl. The van der Waals surface area contributed by atoms with Crippen LogP contribution in [0, 0.1) is 11.3 Å². The average Bonchev–Trinajstić information content (AvgIpc) is 3.60. The third-order valence-corrected chi connectivity index (χ3v) is 8.59. The molecule has 0 radical (unpaired) electrons. The zero-order chi connectivity index (χ0) is 31.6. The van der Waals surface area contributed by atoms with Crippen LogP contribution in [0.2, 0.25) is 5.02 Å². The Kier molecular flexibility index (Phi) is 9.04. The molecule has 1 aliphatic heterocycles.